The number of halogens is 1. The van der Waals surface area contributed by atoms with E-state index in [-0.39, 0.29) is 29.6 Å². The molecule has 2 heterocycles. The number of fused-ring (bicyclic) bond motifs is 1. The molecule has 1 amide bonds. The zero-order valence-corrected chi connectivity index (χ0v) is 17.0. The molecule has 0 fully saturated rings. The summed E-state index contributed by atoms with van der Waals surface area (Å²) in [5, 5.41) is 16.4. The van der Waals surface area contributed by atoms with E-state index >= 15 is 0 Å². The molecule has 4 aromatic rings. The summed E-state index contributed by atoms with van der Waals surface area (Å²) < 4.78 is 16.4. The number of aliphatic hydroxyl groups excluding tert-OH is 1. The Morgan fingerprint density at radius 2 is 1.87 bits per heavy atom. The van der Waals surface area contributed by atoms with Gasteiger partial charge < -0.3 is 15.0 Å². The molecule has 0 aliphatic carbocycles. The van der Waals surface area contributed by atoms with Crippen LogP contribution >= 0.6 is 0 Å². The van der Waals surface area contributed by atoms with Gasteiger partial charge in [0.25, 0.3) is 5.56 Å². The Kier molecular flexibility index (Phi) is 5.35. The lowest BCUT2D eigenvalue weighted by Crippen LogP contribution is -2.25. The number of anilines is 1. The number of nitrogens with zero attached hydrogens (tertiary/aromatic N) is 4. The molecule has 8 nitrogen and oxygen atoms in total. The Morgan fingerprint density at radius 1 is 1.13 bits per heavy atom. The van der Waals surface area contributed by atoms with Gasteiger partial charge in [-0.2, -0.15) is 9.50 Å². The summed E-state index contributed by atoms with van der Waals surface area (Å²) in [6, 6.07) is 12.9. The summed E-state index contributed by atoms with van der Waals surface area (Å²) in [6.07, 6.45) is 0. The second-order valence-corrected chi connectivity index (χ2v) is 7.24. The molecule has 158 valence electrons. The highest BCUT2D eigenvalue weighted by molar-refractivity contribution is 5.90. The van der Waals surface area contributed by atoms with Crippen molar-refractivity contribution < 1.29 is 14.3 Å². The lowest BCUT2D eigenvalue weighted by Gasteiger charge is -2.11. The van der Waals surface area contributed by atoms with Crippen LogP contribution in [0.2, 0.25) is 0 Å². The van der Waals surface area contributed by atoms with Gasteiger partial charge in [0, 0.05) is 28.6 Å². The number of hydrogen-bond acceptors (Lipinski definition) is 5. The minimum Gasteiger partial charge on any atom is -0.392 e. The molecule has 0 aliphatic rings. The monoisotopic (exact) mass is 421 g/mol. The van der Waals surface area contributed by atoms with Crippen LogP contribution in [-0.4, -0.2) is 30.2 Å². The molecule has 4 rings (SSSR count). The average molecular weight is 421 g/mol. The number of amides is 1. The molecule has 0 saturated heterocycles. The number of hydrogen-bond donors (Lipinski definition) is 2. The van der Waals surface area contributed by atoms with Crippen molar-refractivity contribution in [3.63, 3.8) is 0 Å². The highest BCUT2D eigenvalue weighted by atomic mass is 19.1. The molecule has 0 atom stereocenters. The van der Waals surface area contributed by atoms with Crippen molar-refractivity contribution in [3.05, 3.63) is 81.5 Å². The van der Waals surface area contributed by atoms with Crippen molar-refractivity contribution in [2.45, 2.75) is 27.0 Å². The summed E-state index contributed by atoms with van der Waals surface area (Å²) >= 11 is 0. The van der Waals surface area contributed by atoms with E-state index in [4.69, 9.17) is 0 Å². The SMILES string of the molecule is Cc1ccc(NC(=O)Cn2c(C)cc(=O)n3nc(-c4ccc(F)c(CO)c4)nc23)cc1. The predicted octanol–water partition coefficient (Wildman–Crippen LogP) is 2.44. The van der Waals surface area contributed by atoms with Gasteiger partial charge in [-0.05, 0) is 44.2 Å². The molecular weight excluding hydrogens is 401 g/mol. The van der Waals surface area contributed by atoms with Crippen LogP contribution in [0.1, 0.15) is 16.8 Å². The quantitative estimate of drug-likeness (QED) is 0.515. The third-order valence-electron chi connectivity index (χ3n) is 4.91. The molecule has 2 aromatic heterocycles. The fraction of sp³-hybridized carbons (Fsp3) is 0.182. The number of aryl methyl sites for hydroxylation is 2. The third-order valence-corrected chi connectivity index (χ3v) is 4.91. The summed E-state index contributed by atoms with van der Waals surface area (Å²) in [5.41, 5.74) is 2.44. The molecule has 0 spiro atoms. The Balaban J connectivity index is 1.71. The maximum absolute atomic E-state index is 13.7. The zero-order chi connectivity index (χ0) is 22.1. The van der Waals surface area contributed by atoms with Crippen LogP contribution in [0.15, 0.2) is 53.3 Å². The van der Waals surface area contributed by atoms with Gasteiger partial charge in [0.05, 0.1) is 6.61 Å². The van der Waals surface area contributed by atoms with Crippen LogP contribution in [0.5, 0.6) is 0 Å². The second-order valence-electron chi connectivity index (χ2n) is 7.24. The largest absolute Gasteiger partial charge is 0.392 e. The van der Waals surface area contributed by atoms with Gasteiger partial charge in [-0.1, -0.05) is 17.7 Å². The number of nitrogens with one attached hydrogen (secondary N) is 1. The normalized spacial score (nSPS) is 11.1. The van der Waals surface area contributed by atoms with Crippen LogP contribution in [0.3, 0.4) is 0 Å². The van der Waals surface area contributed by atoms with Crippen molar-refractivity contribution in [2.24, 2.45) is 0 Å². The Morgan fingerprint density at radius 3 is 2.58 bits per heavy atom. The predicted molar refractivity (Wildman–Crippen MR) is 113 cm³/mol. The van der Waals surface area contributed by atoms with Crippen LogP contribution < -0.4 is 10.9 Å². The van der Waals surface area contributed by atoms with E-state index in [1.165, 1.54) is 24.3 Å². The summed E-state index contributed by atoms with van der Waals surface area (Å²) in [7, 11) is 0. The van der Waals surface area contributed by atoms with Gasteiger partial charge in [-0.15, -0.1) is 5.10 Å². The first-order chi connectivity index (χ1) is 14.9. The van der Waals surface area contributed by atoms with E-state index in [9.17, 15) is 19.1 Å². The van der Waals surface area contributed by atoms with Crippen LogP contribution in [0.4, 0.5) is 10.1 Å². The van der Waals surface area contributed by atoms with Gasteiger partial charge in [-0.3, -0.25) is 9.59 Å². The van der Waals surface area contributed by atoms with E-state index in [0.717, 1.165) is 10.1 Å². The van der Waals surface area contributed by atoms with Gasteiger partial charge in [0.2, 0.25) is 11.7 Å². The number of benzene rings is 2. The second kappa shape index (κ2) is 8.11. The number of aromatic nitrogens is 4. The van der Waals surface area contributed by atoms with Crippen molar-refractivity contribution >= 4 is 17.4 Å². The topological polar surface area (TPSA) is 102 Å². The van der Waals surface area contributed by atoms with Crippen LogP contribution in [0, 0.1) is 19.7 Å². The van der Waals surface area contributed by atoms with E-state index in [1.54, 1.807) is 11.5 Å². The molecule has 0 radical (unpaired) electrons. The van der Waals surface area contributed by atoms with Crippen LogP contribution in [-0.2, 0) is 17.9 Å². The van der Waals surface area contributed by atoms with Gasteiger partial charge >= 0.3 is 0 Å². The Bertz CT molecular complexity index is 1340. The number of aliphatic hydroxyl groups is 1. The van der Waals surface area contributed by atoms with E-state index in [2.05, 4.69) is 15.4 Å². The van der Waals surface area contributed by atoms with E-state index < -0.39 is 18.0 Å². The fourth-order valence-corrected chi connectivity index (χ4v) is 3.24. The highest BCUT2D eigenvalue weighted by Gasteiger charge is 2.16. The van der Waals surface area contributed by atoms with Crippen molar-refractivity contribution in [1.29, 1.82) is 0 Å². The van der Waals surface area contributed by atoms with E-state index in [0.29, 0.717) is 16.9 Å². The Hall–Kier alpha value is -3.85. The first-order valence-corrected chi connectivity index (χ1v) is 9.59. The standard InChI is InChI=1S/C22H20FN5O3/c1-13-3-6-17(7-4-13)24-19(30)11-27-14(2)9-20(31)28-22(27)25-21(26-28)15-5-8-18(23)16(10-15)12-29/h3-10,29H,11-12H2,1-2H3,(H,24,30). The van der Waals surface area contributed by atoms with Gasteiger partial charge in [0.15, 0.2) is 5.82 Å². The first-order valence-electron chi connectivity index (χ1n) is 9.59. The molecule has 9 heteroatoms. The van der Waals surface area contributed by atoms with Crippen LogP contribution in [0.25, 0.3) is 17.2 Å². The summed E-state index contributed by atoms with van der Waals surface area (Å²) in [4.78, 5) is 29.4. The minimum absolute atomic E-state index is 0.0765. The van der Waals surface area contributed by atoms with Crippen molar-refractivity contribution in [2.75, 3.05) is 5.32 Å². The zero-order valence-electron chi connectivity index (χ0n) is 17.0. The average Bonchev–Trinajstić information content (AvgIpc) is 3.19. The third kappa shape index (κ3) is 4.08. The lowest BCUT2D eigenvalue weighted by atomic mass is 10.1. The molecular formula is C22H20FN5O3. The van der Waals surface area contributed by atoms with E-state index in [1.807, 2.05) is 31.2 Å². The molecule has 0 unspecified atom stereocenters. The summed E-state index contributed by atoms with van der Waals surface area (Å²) in [6.45, 7) is 3.11. The molecule has 0 saturated carbocycles. The minimum atomic E-state index is -0.543. The molecule has 0 bridgehead atoms. The molecule has 2 N–H and O–H groups in total. The first kappa shape index (κ1) is 20.4. The summed E-state index contributed by atoms with van der Waals surface area (Å²) in [5.74, 6) is -0.455. The van der Waals surface area contributed by atoms with Crippen molar-refractivity contribution in [3.8, 4) is 11.4 Å². The molecule has 31 heavy (non-hydrogen) atoms. The maximum Gasteiger partial charge on any atom is 0.275 e. The van der Waals surface area contributed by atoms with Gasteiger partial charge in [-0.25, -0.2) is 4.39 Å². The smallest absolute Gasteiger partial charge is 0.275 e. The highest BCUT2D eigenvalue weighted by Crippen LogP contribution is 2.20. The van der Waals surface area contributed by atoms with Crippen molar-refractivity contribution in [1.82, 2.24) is 19.2 Å². The fourth-order valence-electron chi connectivity index (χ4n) is 3.24. The lowest BCUT2D eigenvalue weighted by molar-refractivity contribution is -0.116. The maximum atomic E-state index is 13.7. The number of carbonyl (C=O) groups is 1. The Labute approximate surface area is 176 Å². The molecule has 0 aliphatic heterocycles. The molecule has 2 aromatic carbocycles. The van der Waals surface area contributed by atoms with Gasteiger partial charge in [0.1, 0.15) is 12.4 Å². The number of rotatable bonds is 5. The number of carbonyl (C=O) groups excluding carboxylic acids is 1.